The minimum absolute atomic E-state index is 0.373. The standard InChI is InChI=1S/C7H12NO2S/c1-3-4-5-6-11(10)8-7(2)9/h3H,1,4-6H2,2H3/q-1. The smallest absolute Gasteiger partial charge is 0.219 e. The molecule has 0 unspecified atom stereocenters. The highest BCUT2D eigenvalue weighted by Crippen LogP contribution is 1.90. The SMILES string of the molecule is C=CCCC[S-](=O)=NC(C)=O. The molecule has 0 aliphatic carbocycles. The average Bonchev–Trinajstić information content (AvgIpc) is 1.86. The van der Waals surface area contributed by atoms with Crippen LogP contribution in [-0.2, 0) is 19.6 Å². The van der Waals surface area contributed by atoms with Crippen LogP contribution in [0.15, 0.2) is 17.0 Å². The van der Waals surface area contributed by atoms with Crippen LogP contribution in [0.1, 0.15) is 19.8 Å². The Morgan fingerprint density at radius 3 is 2.82 bits per heavy atom. The Hall–Kier alpha value is -0.640. The van der Waals surface area contributed by atoms with Crippen molar-refractivity contribution in [3.63, 3.8) is 0 Å². The van der Waals surface area contributed by atoms with Crippen LogP contribution in [0.2, 0.25) is 0 Å². The van der Waals surface area contributed by atoms with Gasteiger partial charge in [-0.1, -0.05) is 18.2 Å². The first kappa shape index (κ1) is 10.4. The van der Waals surface area contributed by atoms with E-state index < -0.39 is 10.6 Å². The molecular weight excluding hydrogens is 162 g/mol. The van der Waals surface area contributed by atoms with E-state index in [2.05, 4.69) is 10.9 Å². The first-order chi connectivity index (χ1) is 5.16. The van der Waals surface area contributed by atoms with Gasteiger partial charge in [-0.15, -0.1) is 6.58 Å². The first-order valence-corrected chi connectivity index (χ1v) is 4.66. The molecule has 0 spiro atoms. The van der Waals surface area contributed by atoms with Gasteiger partial charge in [0.05, 0.1) is 0 Å². The van der Waals surface area contributed by atoms with Crippen molar-refractivity contribution in [2.45, 2.75) is 19.8 Å². The largest absolute Gasteiger partial charge is 0.444 e. The normalized spacial score (nSPS) is 12.8. The van der Waals surface area contributed by atoms with Crippen LogP contribution in [0.4, 0.5) is 0 Å². The molecular formula is C7H12NO2S-. The third-order valence-electron chi connectivity index (χ3n) is 0.958. The van der Waals surface area contributed by atoms with Crippen molar-refractivity contribution in [1.29, 1.82) is 0 Å². The highest BCUT2D eigenvalue weighted by Gasteiger charge is 1.79. The molecule has 3 nitrogen and oxygen atoms in total. The molecule has 0 aromatic heterocycles. The first-order valence-electron chi connectivity index (χ1n) is 3.38. The third kappa shape index (κ3) is 7.25. The number of hydrogen-bond donors (Lipinski definition) is 0. The Bertz CT molecular complexity index is 216. The molecule has 0 saturated heterocycles. The number of nitrogens with zero attached hydrogens (tertiary/aromatic N) is 1. The van der Waals surface area contributed by atoms with Crippen molar-refractivity contribution in [3.8, 4) is 0 Å². The maximum absolute atomic E-state index is 10.8. The van der Waals surface area contributed by atoms with Gasteiger partial charge >= 0.3 is 0 Å². The number of hydrogen-bond acceptors (Lipinski definition) is 3. The van der Waals surface area contributed by atoms with Crippen molar-refractivity contribution in [2.75, 3.05) is 5.75 Å². The van der Waals surface area contributed by atoms with Crippen LogP contribution in [0, 0.1) is 0 Å². The van der Waals surface area contributed by atoms with E-state index in [0.717, 1.165) is 12.8 Å². The van der Waals surface area contributed by atoms with Crippen molar-refractivity contribution in [1.82, 2.24) is 0 Å². The van der Waals surface area contributed by atoms with E-state index in [1.807, 2.05) is 0 Å². The summed E-state index contributed by atoms with van der Waals surface area (Å²) >= 11 is 0. The van der Waals surface area contributed by atoms with Gasteiger partial charge in [0.2, 0.25) is 5.91 Å². The van der Waals surface area contributed by atoms with Gasteiger partial charge in [0.1, 0.15) is 0 Å². The number of allylic oxidation sites excluding steroid dienone is 1. The maximum Gasteiger partial charge on any atom is 0.219 e. The second-order valence-corrected chi connectivity index (χ2v) is 3.30. The maximum atomic E-state index is 10.8. The molecule has 0 N–H and O–H groups in total. The number of carbonyl (C=O) groups excluding carboxylic acids is 1. The molecule has 0 saturated carbocycles. The molecule has 0 aromatic rings. The quantitative estimate of drug-likeness (QED) is 0.369. The van der Waals surface area contributed by atoms with E-state index in [1.165, 1.54) is 6.92 Å². The number of unbranched alkanes of at least 4 members (excludes halogenated alkanes) is 1. The lowest BCUT2D eigenvalue weighted by molar-refractivity contribution is -0.115. The molecule has 0 bridgehead atoms. The summed E-state index contributed by atoms with van der Waals surface area (Å²) < 4.78 is 14.2. The van der Waals surface area contributed by atoms with Crippen LogP contribution >= 0.6 is 0 Å². The van der Waals surface area contributed by atoms with Crippen LogP contribution in [0.25, 0.3) is 0 Å². The summed E-state index contributed by atoms with van der Waals surface area (Å²) in [5.74, 6) is 0.0768. The molecule has 0 aromatic carbocycles. The Balaban J connectivity index is 3.69. The summed E-state index contributed by atoms with van der Waals surface area (Å²) in [6, 6.07) is 0. The monoisotopic (exact) mass is 174 g/mol. The van der Waals surface area contributed by atoms with E-state index >= 15 is 0 Å². The van der Waals surface area contributed by atoms with Crippen LogP contribution in [-0.4, -0.2) is 11.7 Å². The molecule has 0 radical (unpaired) electrons. The van der Waals surface area contributed by atoms with Gasteiger partial charge in [0.25, 0.3) is 0 Å². The molecule has 0 heterocycles. The molecule has 0 rings (SSSR count). The van der Waals surface area contributed by atoms with Crippen molar-refractivity contribution in [2.24, 2.45) is 4.36 Å². The Labute approximate surface area is 68.7 Å². The fraction of sp³-hybridized carbons (Fsp3) is 0.571. The molecule has 11 heavy (non-hydrogen) atoms. The van der Waals surface area contributed by atoms with Gasteiger partial charge in [0, 0.05) is 6.92 Å². The fourth-order valence-electron chi connectivity index (χ4n) is 0.540. The molecule has 1 amide bonds. The van der Waals surface area contributed by atoms with E-state index in [0.29, 0.717) is 5.75 Å². The zero-order valence-electron chi connectivity index (χ0n) is 6.58. The highest BCUT2D eigenvalue weighted by molar-refractivity contribution is 7.75. The summed E-state index contributed by atoms with van der Waals surface area (Å²) in [6.07, 6.45) is 3.34. The topological polar surface area (TPSA) is 46.5 Å². The average molecular weight is 174 g/mol. The summed E-state index contributed by atoms with van der Waals surface area (Å²) in [6.45, 7) is 4.82. The van der Waals surface area contributed by atoms with E-state index in [9.17, 15) is 9.00 Å². The zero-order valence-corrected chi connectivity index (χ0v) is 7.39. The lowest BCUT2D eigenvalue weighted by atomic mass is 10.3. The summed E-state index contributed by atoms with van der Waals surface area (Å²) in [7, 11) is -1.32. The van der Waals surface area contributed by atoms with Gasteiger partial charge in [0.15, 0.2) is 0 Å². The third-order valence-corrected chi connectivity index (χ3v) is 2.06. The Kier molecular flexibility index (Phi) is 5.74. The Morgan fingerprint density at radius 1 is 1.73 bits per heavy atom. The van der Waals surface area contributed by atoms with E-state index in [4.69, 9.17) is 0 Å². The molecule has 64 valence electrons. The van der Waals surface area contributed by atoms with E-state index in [1.54, 1.807) is 6.08 Å². The number of carbonyl (C=O) groups is 1. The second-order valence-electron chi connectivity index (χ2n) is 2.07. The lowest BCUT2D eigenvalue weighted by Gasteiger charge is -1.99. The molecule has 0 atom stereocenters. The van der Waals surface area contributed by atoms with Gasteiger partial charge < -0.3 is 8.57 Å². The number of amides is 1. The Morgan fingerprint density at radius 2 is 2.36 bits per heavy atom. The highest BCUT2D eigenvalue weighted by atomic mass is 32.2. The van der Waals surface area contributed by atoms with Gasteiger partial charge in [-0.05, 0) is 6.42 Å². The second kappa shape index (κ2) is 6.09. The summed E-state index contributed by atoms with van der Waals surface area (Å²) in [5.41, 5.74) is 0. The van der Waals surface area contributed by atoms with Crippen LogP contribution < -0.4 is 0 Å². The fourth-order valence-corrected chi connectivity index (χ4v) is 1.33. The van der Waals surface area contributed by atoms with Gasteiger partial charge in [-0.2, -0.15) is 10.6 Å². The molecule has 4 heteroatoms. The molecule has 0 aliphatic rings. The summed E-state index contributed by atoms with van der Waals surface area (Å²) in [4.78, 5) is 10.3. The predicted octanol–water partition coefficient (Wildman–Crippen LogP) is 1.65. The summed E-state index contributed by atoms with van der Waals surface area (Å²) in [5, 5.41) is 0. The van der Waals surface area contributed by atoms with Crippen molar-refractivity contribution < 1.29 is 9.00 Å². The minimum atomic E-state index is -1.32. The van der Waals surface area contributed by atoms with E-state index in [-0.39, 0.29) is 5.91 Å². The molecule has 0 aliphatic heterocycles. The van der Waals surface area contributed by atoms with Crippen LogP contribution in [0.5, 0.6) is 0 Å². The van der Waals surface area contributed by atoms with Gasteiger partial charge in [-0.25, -0.2) is 0 Å². The van der Waals surface area contributed by atoms with Crippen molar-refractivity contribution >= 4 is 16.5 Å². The predicted molar refractivity (Wildman–Crippen MR) is 45.5 cm³/mol. The van der Waals surface area contributed by atoms with Gasteiger partial charge in [-0.3, -0.25) is 4.79 Å². The number of rotatable bonds is 4. The zero-order chi connectivity index (χ0) is 8.69. The molecule has 0 fully saturated rings. The lowest BCUT2D eigenvalue weighted by Crippen LogP contribution is -1.89. The minimum Gasteiger partial charge on any atom is -0.444 e. The van der Waals surface area contributed by atoms with Crippen molar-refractivity contribution in [3.05, 3.63) is 12.7 Å². The van der Waals surface area contributed by atoms with Crippen LogP contribution in [0.3, 0.4) is 0 Å².